The van der Waals surface area contributed by atoms with Crippen molar-refractivity contribution in [2.75, 3.05) is 56.4 Å². The summed E-state index contributed by atoms with van der Waals surface area (Å²) in [6.45, 7) is 6.02. The molecular formula is C28H33BrN6O7S2. The Balaban J connectivity index is 1.45. The molecule has 44 heavy (non-hydrogen) atoms. The molecule has 3 aromatic rings. The molecule has 0 radical (unpaired) electrons. The Bertz CT molecular complexity index is 1500. The third-order valence-corrected chi connectivity index (χ3v) is 9.28. The van der Waals surface area contributed by atoms with Crippen LogP contribution in [0, 0.1) is 6.92 Å². The van der Waals surface area contributed by atoms with Gasteiger partial charge in [-0.05, 0) is 47.1 Å². The van der Waals surface area contributed by atoms with Gasteiger partial charge in [0.1, 0.15) is 17.5 Å². The molecule has 2 aromatic carbocycles. The summed E-state index contributed by atoms with van der Waals surface area (Å²) in [6.07, 6.45) is 0. The van der Waals surface area contributed by atoms with Gasteiger partial charge in [0.05, 0.1) is 24.3 Å². The zero-order valence-electron chi connectivity index (χ0n) is 24.6. The lowest BCUT2D eigenvalue weighted by atomic mass is 10.1. The fraction of sp³-hybridized carbons (Fsp3) is 0.393. The van der Waals surface area contributed by atoms with Crippen molar-refractivity contribution in [3.05, 3.63) is 57.6 Å². The summed E-state index contributed by atoms with van der Waals surface area (Å²) in [5.41, 5.74) is 2.01. The number of rotatable bonds is 10. The molecule has 2 N–H and O–H groups in total. The number of phenolic OH excluding ortho intramolecular Hbond substituents is 1. The van der Waals surface area contributed by atoms with Gasteiger partial charge in [0, 0.05) is 67.6 Å². The van der Waals surface area contributed by atoms with Crippen LogP contribution in [0.5, 0.6) is 11.5 Å². The molecule has 1 aliphatic rings. The SMILES string of the molecule is COC(=O)c1c(Br)c(OC)cc(O)c1CSCC(c1nc(C)no1)N(S)C(=O)Nc1ccc(N2CCN(C(C)=O)CC2)cc1. The molecule has 3 amide bonds. The van der Waals surface area contributed by atoms with E-state index in [0.717, 1.165) is 18.8 Å². The number of aromatic nitrogens is 2. The van der Waals surface area contributed by atoms with Crippen LogP contribution in [0.15, 0.2) is 39.3 Å². The van der Waals surface area contributed by atoms with Gasteiger partial charge in [-0.1, -0.05) is 18.0 Å². The minimum absolute atomic E-state index is 0.0734. The minimum Gasteiger partial charge on any atom is -0.507 e. The van der Waals surface area contributed by atoms with Crippen molar-refractivity contribution in [2.24, 2.45) is 0 Å². The predicted octanol–water partition coefficient (Wildman–Crippen LogP) is 4.66. The molecule has 2 heterocycles. The minimum atomic E-state index is -0.758. The van der Waals surface area contributed by atoms with Crippen LogP contribution >= 0.6 is 40.5 Å². The second-order valence-corrected chi connectivity index (χ2v) is 12.0. The fourth-order valence-electron chi connectivity index (χ4n) is 4.59. The number of esters is 1. The molecule has 1 atom stereocenters. The quantitative estimate of drug-likeness (QED) is 0.199. The number of halogens is 1. The molecule has 0 spiro atoms. The molecule has 0 saturated carbocycles. The third kappa shape index (κ3) is 7.71. The van der Waals surface area contributed by atoms with Gasteiger partial charge in [-0.2, -0.15) is 16.7 Å². The second kappa shape index (κ2) is 14.9. The first-order valence-electron chi connectivity index (χ1n) is 13.5. The number of thiol groups is 1. The maximum Gasteiger partial charge on any atom is 0.339 e. The van der Waals surface area contributed by atoms with Gasteiger partial charge in [-0.25, -0.2) is 9.59 Å². The molecule has 13 nitrogen and oxygen atoms in total. The summed E-state index contributed by atoms with van der Waals surface area (Å²) < 4.78 is 17.1. The first-order chi connectivity index (χ1) is 21.0. The summed E-state index contributed by atoms with van der Waals surface area (Å²) in [5.74, 6) is 0.525. The fourth-order valence-corrected chi connectivity index (χ4v) is 6.74. The Morgan fingerprint density at radius 3 is 2.45 bits per heavy atom. The number of nitrogens with one attached hydrogen (secondary N) is 1. The lowest BCUT2D eigenvalue weighted by Gasteiger charge is -2.35. The van der Waals surface area contributed by atoms with Crippen molar-refractivity contribution in [1.29, 1.82) is 0 Å². The van der Waals surface area contributed by atoms with Crippen LogP contribution in [-0.2, 0) is 15.3 Å². The van der Waals surface area contributed by atoms with Gasteiger partial charge in [0.25, 0.3) is 5.89 Å². The van der Waals surface area contributed by atoms with E-state index in [9.17, 15) is 19.5 Å². The summed E-state index contributed by atoms with van der Waals surface area (Å²) in [4.78, 5) is 45.8. The van der Waals surface area contributed by atoms with Crippen LogP contribution in [0.3, 0.4) is 0 Å². The van der Waals surface area contributed by atoms with Gasteiger partial charge < -0.3 is 34.2 Å². The molecule has 236 valence electrons. The number of carbonyl (C=O) groups is 3. The third-order valence-electron chi connectivity index (χ3n) is 6.99. The number of piperazine rings is 1. The number of amides is 3. The van der Waals surface area contributed by atoms with Crippen LogP contribution < -0.4 is 15.0 Å². The van der Waals surface area contributed by atoms with E-state index in [2.05, 4.69) is 49.1 Å². The molecule has 1 fully saturated rings. The van der Waals surface area contributed by atoms with Crippen molar-refractivity contribution in [2.45, 2.75) is 25.6 Å². The Morgan fingerprint density at radius 2 is 1.89 bits per heavy atom. The topological polar surface area (TPSA) is 151 Å². The van der Waals surface area contributed by atoms with E-state index in [-0.39, 0.29) is 40.4 Å². The Morgan fingerprint density at radius 1 is 1.20 bits per heavy atom. The van der Waals surface area contributed by atoms with E-state index >= 15 is 0 Å². The highest BCUT2D eigenvalue weighted by Crippen LogP contribution is 2.40. The van der Waals surface area contributed by atoms with Crippen LogP contribution in [0.2, 0.25) is 0 Å². The van der Waals surface area contributed by atoms with Gasteiger partial charge in [0.2, 0.25) is 5.91 Å². The molecule has 1 aliphatic heterocycles. The number of phenols is 1. The molecule has 1 aromatic heterocycles. The van der Waals surface area contributed by atoms with Gasteiger partial charge in [0.15, 0.2) is 5.82 Å². The first kappa shape index (κ1) is 33.3. The van der Waals surface area contributed by atoms with Crippen molar-refractivity contribution >= 4 is 69.8 Å². The number of hydrogen-bond donors (Lipinski definition) is 3. The average molecular weight is 710 g/mol. The summed E-state index contributed by atoms with van der Waals surface area (Å²) in [7, 11) is 2.67. The zero-order chi connectivity index (χ0) is 32.0. The maximum absolute atomic E-state index is 13.3. The molecule has 1 saturated heterocycles. The number of aryl methyl sites for hydroxylation is 1. The molecule has 0 aliphatic carbocycles. The summed E-state index contributed by atoms with van der Waals surface area (Å²) in [5, 5.41) is 17.4. The van der Waals surface area contributed by atoms with Crippen LogP contribution in [0.4, 0.5) is 16.2 Å². The lowest BCUT2D eigenvalue weighted by Crippen LogP contribution is -2.48. The van der Waals surface area contributed by atoms with Gasteiger partial charge >= 0.3 is 12.0 Å². The highest BCUT2D eigenvalue weighted by Gasteiger charge is 2.30. The number of ether oxygens (including phenoxy) is 2. The van der Waals surface area contributed by atoms with Crippen LogP contribution in [0.25, 0.3) is 0 Å². The van der Waals surface area contributed by atoms with E-state index < -0.39 is 18.0 Å². The second-order valence-electron chi connectivity index (χ2n) is 9.78. The number of urea groups is 1. The van der Waals surface area contributed by atoms with E-state index in [4.69, 9.17) is 14.0 Å². The monoisotopic (exact) mass is 708 g/mol. The van der Waals surface area contributed by atoms with Crippen molar-refractivity contribution < 1.29 is 33.5 Å². The number of nitrogens with zero attached hydrogens (tertiary/aromatic N) is 5. The maximum atomic E-state index is 13.3. The Kier molecular flexibility index (Phi) is 11.3. The molecule has 16 heteroatoms. The van der Waals surface area contributed by atoms with E-state index in [1.807, 2.05) is 17.0 Å². The van der Waals surface area contributed by atoms with Gasteiger partial charge in [-0.15, -0.1) is 0 Å². The number of aromatic hydroxyl groups is 1. The summed E-state index contributed by atoms with van der Waals surface area (Å²) >= 11 is 9.16. The number of benzene rings is 2. The lowest BCUT2D eigenvalue weighted by molar-refractivity contribution is -0.129. The Labute approximate surface area is 272 Å². The number of thioether (sulfide) groups is 1. The van der Waals surface area contributed by atoms with E-state index in [1.165, 1.54) is 36.4 Å². The standard InChI is InChI=1S/C28H33BrN6O7S2/c1-16-30-26(42-32-16)21(15-44-14-20-22(37)13-23(40-3)25(29)24(20)27(38)41-4)35(43)28(39)31-18-5-7-19(8-6-18)34-11-9-33(10-12-34)17(2)36/h5-8,13,21,37,43H,9-12,14-15H2,1-4H3,(H,31,39). The van der Waals surface area contributed by atoms with Crippen molar-refractivity contribution in [3.8, 4) is 11.5 Å². The van der Waals surface area contributed by atoms with Gasteiger partial charge in [-0.3, -0.25) is 9.10 Å². The molecule has 1 unspecified atom stereocenters. The number of anilines is 2. The number of carbonyl (C=O) groups excluding carboxylic acids is 3. The predicted molar refractivity (Wildman–Crippen MR) is 172 cm³/mol. The highest BCUT2D eigenvalue weighted by atomic mass is 79.9. The van der Waals surface area contributed by atoms with E-state index in [0.29, 0.717) is 34.6 Å². The summed E-state index contributed by atoms with van der Waals surface area (Å²) in [6, 6.07) is 7.54. The average Bonchev–Trinajstić information content (AvgIpc) is 3.45. The largest absolute Gasteiger partial charge is 0.507 e. The molecule has 0 bridgehead atoms. The normalized spacial score (nSPS) is 13.8. The van der Waals surface area contributed by atoms with E-state index in [1.54, 1.807) is 26.0 Å². The number of hydrogen-bond acceptors (Lipinski definition) is 12. The van der Waals surface area contributed by atoms with Crippen molar-refractivity contribution in [3.63, 3.8) is 0 Å². The Hall–Kier alpha value is -3.63. The van der Waals surface area contributed by atoms with Crippen LogP contribution in [0.1, 0.15) is 40.6 Å². The smallest absolute Gasteiger partial charge is 0.339 e. The molecule has 4 rings (SSSR count). The first-order valence-corrected chi connectivity index (χ1v) is 15.8. The zero-order valence-corrected chi connectivity index (χ0v) is 27.9. The highest BCUT2D eigenvalue weighted by molar-refractivity contribution is 9.10. The van der Waals surface area contributed by atoms with Crippen molar-refractivity contribution in [1.82, 2.24) is 19.3 Å². The van der Waals surface area contributed by atoms with Crippen LogP contribution in [-0.4, -0.2) is 88.5 Å². The molecular weight excluding hydrogens is 676 g/mol. The number of methoxy groups -OCH3 is 2.